The first-order chi connectivity index (χ1) is 13.5. The third kappa shape index (κ3) is 6.35. The van der Waals surface area contributed by atoms with Crippen LogP contribution in [0.3, 0.4) is 0 Å². The van der Waals surface area contributed by atoms with Crippen molar-refractivity contribution in [2.24, 2.45) is 0 Å². The normalized spacial score (nSPS) is 12.2. The molecule has 0 spiro atoms. The number of H-pyrrole nitrogens is 2. The van der Waals surface area contributed by atoms with Crippen molar-refractivity contribution in [1.29, 1.82) is 0 Å². The smallest absolute Gasteiger partial charge is 0.0814 e. The molecule has 0 fully saturated rings. The SMILES string of the molecule is C1=Cc2cc3ccc(cc4ccc(cc5nc(cc1n2)C=C5)[nH]4)[nH]3.O=S([O-])O.[Co].[Mn]. The number of aromatic amines is 2. The van der Waals surface area contributed by atoms with Crippen molar-refractivity contribution in [1.82, 2.24) is 19.9 Å². The van der Waals surface area contributed by atoms with Gasteiger partial charge in [-0.15, -0.1) is 0 Å². The second-order valence-electron chi connectivity index (χ2n) is 6.12. The number of aromatic nitrogens is 4. The Morgan fingerprint density at radius 2 is 1.00 bits per heavy atom. The second kappa shape index (κ2) is 10.6. The summed E-state index contributed by atoms with van der Waals surface area (Å²) in [6.07, 6.45) is 8.05. The van der Waals surface area contributed by atoms with Crippen molar-refractivity contribution >= 4 is 57.7 Å². The summed E-state index contributed by atoms with van der Waals surface area (Å²) in [5, 5.41) is 0. The molecule has 5 rings (SSSR count). The fraction of sp³-hybridized carbons (Fsp3) is 0. The Hall–Kier alpha value is -2.30. The first-order valence-corrected chi connectivity index (χ1v) is 9.39. The molecule has 2 radical (unpaired) electrons. The van der Waals surface area contributed by atoms with Crippen LogP contribution >= 0.6 is 0 Å². The summed E-state index contributed by atoms with van der Waals surface area (Å²) in [6.45, 7) is 0. The zero-order valence-corrected chi connectivity index (χ0v) is 18.2. The van der Waals surface area contributed by atoms with Crippen molar-refractivity contribution in [2.75, 3.05) is 0 Å². The number of rotatable bonds is 0. The molecule has 10 heteroatoms. The summed E-state index contributed by atoms with van der Waals surface area (Å²) >= 11 is -2.86. The van der Waals surface area contributed by atoms with E-state index in [1.165, 1.54) is 0 Å². The predicted octanol–water partition coefficient (Wildman–Crippen LogP) is 3.99. The molecule has 3 aromatic rings. The van der Waals surface area contributed by atoms with Gasteiger partial charge in [0.15, 0.2) is 0 Å². The molecule has 0 aliphatic carbocycles. The van der Waals surface area contributed by atoms with Crippen LogP contribution in [0.5, 0.6) is 0 Å². The summed E-state index contributed by atoms with van der Waals surface area (Å²) in [4.78, 5) is 16.0. The average molecular weight is 505 g/mol. The van der Waals surface area contributed by atoms with Crippen LogP contribution in [0, 0.1) is 0 Å². The summed E-state index contributed by atoms with van der Waals surface area (Å²) in [5.74, 6) is 0. The molecular formula is C20H15CoMnN4O3S-. The van der Waals surface area contributed by atoms with Gasteiger partial charge in [0.2, 0.25) is 0 Å². The van der Waals surface area contributed by atoms with Crippen LogP contribution in [0.1, 0.15) is 22.8 Å². The standard InChI is InChI=1S/C20H14N4.Co.Mn.H2O3S/c1-2-14-10-16-5-6-18(23-16)12-20-8-7-19(24-20)11-17-4-3-15(22-17)9-13(1)21-14;;;1-4(2)3/h1-12,21-22H;;;(H2,1,2,3)/p-1. The molecule has 8 bridgehead atoms. The van der Waals surface area contributed by atoms with Crippen molar-refractivity contribution in [2.45, 2.75) is 0 Å². The van der Waals surface area contributed by atoms with E-state index in [4.69, 9.17) is 13.3 Å². The van der Waals surface area contributed by atoms with Gasteiger partial charge in [-0.2, -0.15) is 0 Å². The first-order valence-electron chi connectivity index (χ1n) is 8.36. The molecule has 2 aliphatic rings. The fourth-order valence-corrected chi connectivity index (χ4v) is 2.94. The third-order valence-corrected chi connectivity index (χ3v) is 4.04. The minimum Gasteiger partial charge on any atom is -0.750 e. The Labute approximate surface area is 195 Å². The number of fused-ring (bicyclic) bond motifs is 8. The van der Waals surface area contributed by atoms with Gasteiger partial charge >= 0.3 is 0 Å². The molecule has 0 saturated carbocycles. The van der Waals surface area contributed by atoms with E-state index in [9.17, 15) is 0 Å². The Morgan fingerprint density at radius 1 is 0.700 bits per heavy atom. The summed E-state index contributed by atoms with van der Waals surface area (Å²) < 4.78 is 24.1. The van der Waals surface area contributed by atoms with Gasteiger partial charge in [0.1, 0.15) is 0 Å². The third-order valence-electron chi connectivity index (χ3n) is 4.04. The van der Waals surface area contributed by atoms with E-state index in [-0.39, 0.29) is 33.8 Å². The molecule has 1 unspecified atom stereocenters. The van der Waals surface area contributed by atoms with Gasteiger partial charge in [-0.05, 0) is 72.8 Å². The number of hydrogen-bond donors (Lipinski definition) is 3. The average Bonchev–Trinajstić information content (AvgIpc) is 3.39. The zero-order valence-electron chi connectivity index (χ0n) is 15.2. The van der Waals surface area contributed by atoms with Gasteiger partial charge in [-0.3, -0.25) is 0 Å². The number of nitrogens with zero attached hydrogens (tertiary/aromatic N) is 2. The van der Waals surface area contributed by atoms with E-state index < -0.39 is 11.4 Å². The largest absolute Gasteiger partial charge is 0.750 e. The molecule has 1 atom stereocenters. The van der Waals surface area contributed by atoms with Crippen molar-refractivity contribution in [3.05, 3.63) is 71.3 Å². The van der Waals surface area contributed by atoms with Crippen LogP contribution in [0.15, 0.2) is 48.5 Å². The van der Waals surface area contributed by atoms with Gasteiger partial charge < -0.3 is 19.1 Å². The van der Waals surface area contributed by atoms with E-state index in [0.29, 0.717) is 0 Å². The van der Waals surface area contributed by atoms with E-state index >= 15 is 0 Å². The van der Waals surface area contributed by atoms with Crippen molar-refractivity contribution < 1.29 is 47.2 Å². The minimum atomic E-state index is -2.86. The van der Waals surface area contributed by atoms with Crippen LogP contribution in [0.4, 0.5) is 0 Å². The molecule has 0 amide bonds. The van der Waals surface area contributed by atoms with Crippen molar-refractivity contribution in [3.8, 4) is 0 Å². The predicted molar refractivity (Wildman–Crippen MR) is 110 cm³/mol. The van der Waals surface area contributed by atoms with Gasteiger partial charge in [0.05, 0.1) is 34.1 Å². The van der Waals surface area contributed by atoms with Crippen LogP contribution in [0.25, 0.3) is 46.4 Å². The van der Waals surface area contributed by atoms with E-state index in [1.54, 1.807) is 0 Å². The minimum absolute atomic E-state index is 0. The Balaban J connectivity index is 0.000000494. The summed E-state index contributed by atoms with van der Waals surface area (Å²) in [6, 6.07) is 16.4. The topological polar surface area (TPSA) is 118 Å². The van der Waals surface area contributed by atoms with Crippen LogP contribution in [-0.2, 0) is 45.2 Å². The van der Waals surface area contributed by atoms with Crippen LogP contribution in [-0.4, -0.2) is 33.3 Å². The van der Waals surface area contributed by atoms with E-state index in [0.717, 1.165) is 44.8 Å². The Kier molecular flexibility index (Phi) is 8.50. The molecule has 30 heavy (non-hydrogen) atoms. The molecule has 0 saturated heterocycles. The zero-order chi connectivity index (χ0) is 19.5. The molecule has 3 N–H and O–H groups in total. The van der Waals surface area contributed by atoms with Crippen LogP contribution in [0.2, 0.25) is 0 Å². The van der Waals surface area contributed by atoms with Gasteiger partial charge in [0.25, 0.3) is 0 Å². The Bertz CT molecular complexity index is 1190. The van der Waals surface area contributed by atoms with Gasteiger partial charge in [-0.25, -0.2) is 14.2 Å². The maximum absolute atomic E-state index is 8.56. The van der Waals surface area contributed by atoms with Gasteiger partial charge in [0, 0.05) is 55.9 Å². The quantitative estimate of drug-likeness (QED) is 0.217. The summed E-state index contributed by atoms with van der Waals surface area (Å²) in [5.41, 5.74) is 7.86. The fourth-order valence-electron chi connectivity index (χ4n) is 2.94. The maximum atomic E-state index is 8.56. The molecule has 0 aromatic carbocycles. The van der Waals surface area contributed by atoms with Gasteiger partial charge in [-0.1, -0.05) is 0 Å². The molecule has 3 aromatic heterocycles. The molecular weight excluding hydrogens is 490 g/mol. The van der Waals surface area contributed by atoms with Crippen LogP contribution < -0.4 is 0 Å². The van der Waals surface area contributed by atoms with E-state index in [2.05, 4.69) is 50.3 Å². The van der Waals surface area contributed by atoms with E-state index in [1.807, 2.05) is 42.5 Å². The number of hydrogen-bond acceptors (Lipinski definition) is 4. The van der Waals surface area contributed by atoms with Crippen molar-refractivity contribution in [3.63, 3.8) is 0 Å². The monoisotopic (exact) mass is 505 g/mol. The Morgan fingerprint density at radius 3 is 1.37 bits per heavy atom. The second-order valence-corrected chi connectivity index (χ2v) is 6.56. The maximum Gasteiger partial charge on any atom is 0.0814 e. The molecule has 2 aliphatic heterocycles. The summed E-state index contributed by atoms with van der Waals surface area (Å²) in [7, 11) is 0. The molecule has 7 nitrogen and oxygen atoms in total. The number of nitrogens with one attached hydrogen (secondary N) is 2. The first kappa shape index (κ1) is 24.0. The molecule has 156 valence electrons. The molecule has 5 heterocycles.